The fraction of sp³-hybridized carbons (Fsp3) is 0.300. The minimum absolute atomic E-state index is 0.0155. The Morgan fingerprint density at radius 2 is 2.00 bits per heavy atom. The van der Waals surface area contributed by atoms with E-state index in [2.05, 4.69) is 0 Å². The molecule has 1 rings (SSSR count). The van der Waals surface area contributed by atoms with E-state index in [4.69, 9.17) is 5.11 Å². The predicted molar refractivity (Wildman–Crippen MR) is 53.6 cm³/mol. The van der Waals surface area contributed by atoms with Gasteiger partial charge >= 0.3 is 5.97 Å². The first-order valence-corrected chi connectivity index (χ1v) is 4.47. The molecule has 0 aliphatic heterocycles. The maximum atomic E-state index is 10.6. The lowest BCUT2D eigenvalue weighted by Crippen LogP contribution is -2.12. The summed E-state index contributed by atoms with van der Waals surface area (Å²) in [4.78, 5) is 20.4. The van der Waals surface area contributed by atoms with Crippen LogP contribution in [0.5, 0.6) is 0 Å². The van der Waals surface area contributed by atoms with Crippen LogP contribution < -0.4 is 0 Å². The molecule has 1 atom stereocenters. The Bertz CT molecular complexity index is 372. The Morgan fingerprint density at radius 1 is 1.47 bits per heavy atom. The van der Waals surface area contributed by atoms with E-state index in [1.165, 1.54) is 12.1 Å². The normalized spacial score (nSPS) is 12.1. The number of hydrogen-bond donors (Lipinski definition) is 1. The van der Waals surface area contributed by atoms with Crippen molar-refractivity contribution in [1.82, 2.24) is 0 Å². The second-order valence-electron chi connectivity index (χ2n) is 3.37. The first-order chi connectivity index (χ1) is 7.00. The van der Waals surface area contributed by atoms with E-state index in [1.807, 2.05) is 0 Å². The lowest BCUT2D eigenvalue weighted by molar-refractivity contribution is -0.384. The molecule has 0 bridgehead atoms. The number of nitrogens with zero attached hydrogens (tertiary/aromatic N) is 1. The van der Waals surface area contributed by atoms with Crippen LogP contribution in [-0.4, -0.2) is 16.0 Å². The molecule has 0 aliphatic rings. The van der Waals surface area contributed by atoms with Crippen LogP contribution in [0.1, 0.15) is 12.5 Å². The van der Waals surface area contributed by atoms with Gasteiger partial charge in [-0.15, -0.1) is 0 Å². The number of hydrogen-bond acceptors (Lipinski definition) is 3. The Balaban J connectivity index is 2.72. The summed E-state index contributed by atoms with van der Waals surface area (Å²) in [5.41, 5.74) is 0.803. The van der Waals surface area contributed by atoms with Crippen molar-refractivity contribution in [3.05, 3.63) is 39.9 Å². The first kappa shape index (κ1) is 11.2. The maximum Gasteiger partial charge on any atom is 0.306 e. The van der Waals surface area contributed by atoms with E-state index < -0.39 is 16.8 Å². The van der Waals surface area contributed by atoms with Crippen molar-refractivity contribution in [3.63, 3.8) is 0 Å². The summed E-state index contributed by atoms with van der Waals surface area (Å²) in [6, 6.07) is 5.92. The maximum absolute atomic E-state index is 10.6. The zero-order chi connectivity index (χ0) is 11.4. The number of carboxylic acids is 1. The third kappa shape index (κ3) is 3.05. The van der Waals surface area contributed by atoms with Gasteiger partial charge in [-0.25, -0.2) is 0 Å². The third-order valence-corrected chi connectivity index (χ3v) is 2.11. The van der Waals surface area contributed by atoms with Crippen LogP contribution in [0, 0.1) is 16.0 Å². The van der Waals surface area contributed by atoms with Crippen LogP contribution in [0.3, 0.4) is 0 Å². The van der Waals surface area contributed by atoms with Crippen molar-refractivity contribution in [2.24, 2.45) is 5.92 Å². The second kappa shape index (κ2) is 4.54. The Labute approximate surface area is 86.5 Å². The minimum Gasteiger partial charge on any atom is -0.481 e. The van der Waals surface area contributed by atoms with E-state index in [-0.39, 0.29) is 5.69 Å². The number of non-ortho nitro benzene ring substituents is 1. The summed E-state index contributed by atoms with van der Waals surface area (Å²) in [5.74, 6) is -1.35. The molecule has 0 radical (unpaired) electrons. The van der Waals surface area contributed by atoms with Gasteiger partial charge in [0.2, 0.25) is 0 Å². The number of benzene rings is 1. The molecular weight excluding hydrogens is 198 g/mol. The molecule has 5 heteroatoms. The van der Waals surface area contributed by atoms with Crippen molar-refractivity contribution < 1.29 is 14.8 Å². The number of nitro benzene ring substituents is 1. The minimum atomic E-state index is -0.867. The molecule has 0 saturated carbocycles. The van der Waals surface area contributed by atoms with Gasteiger partial charge in [0.05, 0.1) is 10.8 Å². The van der Waals surface area contributed by atoms with E-state index in [9.17, 15) is 14.9 Å². The molecule has 1 aromatic carbocycles. The average molecular weight is 209 g/mol. The first-order valence-electron chi connectivity index (χ1n) is 4.47. The highest BCUT2D eigenvalue weighted by molar-refractivity contribution is 5.69. The molecule has 80 valence electrons. The number of rotatable bonds is 4. The SMILES string of the molecule is C[C@H](Cc1ccc([N+](=O)[O-])cc1)C(=O)O. The van der Waals surface area contributed by atoms with Crippen LogP contribution >= 0.6 is 0 Å². The zero-order valence-electron chi connectivity index (χ0n) is 8.21. The fourth-order valence-electron chi connectivity index (χ4n) is 1.19. The molecular formula is C10H11NO4. The standard InChI is InChI=1S/C10H11NO4/c1-7(10(12)13)6-8-2-4-9(5-3-8)11(14)15/h2-5,7H,6H2,1H3,(H,12,13)/t7-/m1/s1. The quantitative estimate of drug-likeness (QED) is 0.606. The van der Waals surface area contributed by atoms with Gasteiger partial charge in [-0.05, 0) is 12.0 Å². The van der Waals surface area contributed by atoms with Gasteiger partial charge in [0.15, 0.2) is 0 Å². The molecule has 0 heterocycles. The highest BCUT2D eigenvalue weighted by Crippen LogP contribution is 2.14. The van der Waals surface area contributed by atoms with Gasteiger partial charge < -0.3 is 5.11 Å². The van der Waals surface area contributed by atoms with Crippen molar-refractivity contribution in [1.29, 1.82) is 0 Å². The molecule has 1 N–H and O–H groups in total. The summed E-state index contributed by atoms with van der Waals surface area (Å²) in [6.45, 7) is 1.60. The molecule has 0 saturated heterocycles. The Morgan fingerprint density at radius 3 is 2.40 bits per heavy atom. The topological polar surface area (TPSA) is 80.4 Å². The summed E-state index contributed by atoms with van der Waals surface area (Å²) >= 11 is 0. The molecule has 5 nitrogen and oxygen atoms in total. The molecule has 0 fully saturated rings. The number of nitro groups is 1. The zero-order valence-corrected chi connectivity index (χ0v) is 8.21. The van der Waals surface area contributed by atoms with Gasteiger partial charge in [0.1, 0.15) is 0 Å². The van der Waals surface area contributed by atoms with E-state index in [0.29, 0.717) is 6.42 Å². The molecule has 0 aromatic heterocycles. The van der Waals surface area contributed by atoms with Gasteiger partial charge in [-0.1, -0.05) is 19.1 Å². The summed E-state index contributed by atoms with van der Waals surface area (Å²) in [5, 5.41) is 19.0. The van der Waals surface area contributed by atoms with E-state index in [1.54, 1.807) is 19.1 Å². The van der Waals surface area contributed by atoms with Crippen molar-refractivity contribution >= 4 is 11.7 Å². The molecule has 0 aliphatic carbocycles. The van der Waals surface area contributed by atoms with E-state index >= 15 is 0 Å². The largest absolute Gasteiger partial charge is 0.481 e. The molecule has 0 spiro atoms. The van der Waals surface area contributed by atoms with Crippen LogP contribution in [0.25, 0.3) is 0 Å². The second-order valence-corrected chi connectivity index (χ2v) is 3.37. The molecule has 0 unspecified atom stereocenters. The fourth-order valence-corrected chi connectivity index (χ4v) is 1.19. The number of carboxylic acid groups (broad SMARTS) is 1. The number of aliphatic carboxylic acids is 1. The lowest BCUT2D eigenvalue weighted by Gasteiger charge is -2.05. The van der Waals surface area contributed by atoms with Crippen LogP contribution in [0.15, 0.2) is 24.3 Å². The summed E-state index contributed by atoms with van der Waals surface area (Å²) in [7, 11) is 0. The Kier molecular flexibility index (Phi) is 3.38. The lowest BCUT2D eigenvalue weighted by atomic mass is 10.0. The summed E-state index contributed by atoms with van der Waals surface area (Å²) < 4.78 is 0. The highest BCUT2D eigenvalue weighted by Gasteiger charge is 2.12. The monoisotopic (exact) mass is 209 g/mol. The van der Waals surface area contributed by atoms with E-state index in [0.717, 1.165) is 5.56 Å². The van der Waals surface area contributed by atoms with Gasteiger partial charge in [0, 0.05) is 12.1 Å². The Hall–Kier alpha value is -1.91. The average Bonchev–Trinajstić information content (AvgIpc) is 2.18. The smallest absolute Gasteiger partial charge is 0.306 e. The highest BCUT2D eigenvalue weighted by atomic mass is 16.6. The van der Waals surface area contributed by atoms with Crippen LogP contribution in [0.2, 0.25) is 0 Å². The number of carbonyl (C=O) groups is 1. The van der Waals surface area contributed by atoms with Crippen LogP contribution in [0.4, 0.5) is 5.69 Å². The van der Waals surface area contributed by atoms with Gasteiger partial charge in [-0.2, -0.15) is 0 Å². The summed E-state index contributed by atoms with van der Waals surface area (Å²) in [6.07, 6.45) is 0.382. The molecule has 1 aromatic rings. The van der Waals surface area contributed by atoms with Gasteiger partial charge in [0.25, 0.3) is 5.69 Å². The molecule has 0 amide bonds. The van der Waals surface area contributed by atoms with Crippen molar-refractivity contribution in [3.8, 4) is 0 Å². The van der Waals surface area contributed by atoms with Gasteiger partial charge in [-0.3, -0.25) is 14.9 Å². The predicted octanol–water partition coefficient (Wildman–Crippen LogP) is 1.86. The molecule has 15 heavy (non-hydrogen) atoms. The van der Waals surface area contributed by atoms with Crippen LogP contribution in [-0.2, 0) is 11.2 Å². The third-order valence-electron chi connectivity index (χ3n) is 2.11. The van der Waals surface area contributed by atoms with Crippen molar-refractivity contribution in [2.75, 3.05) is 0 Å². The van der Waals surface area contributed by atoms with Crippen molar-refractivity contribution in [2.45, 2.75) is 13.3 Å².